The van der Waals surface area contributed by atoms with E-state index in [1.54, 1.807) is 13.2 Å². The van der Waals surface area contributed by atoms with E-state index in [0.29, 0.717) is 0 Å². The summed E-state index contributed by atoms with van der Waals surface area (Å²) >= 11 is 0. The van der Waals surface area contributed by atoms with Crippen molar-refractivity contribution >= 4 is 6.08 Å². The number of aryl methyl sites for hydroxylation is 1. The molecule has 80 valence electrons. The molecule has 0 N–H and O–H groups in total. The summed E-state index contributed by atoms with van der Waals surface area (Å²) in [6.07, 6.45) is 8.69. The van der Waals surface area contributed by atoms with E-state index in [0.717, 1.165) is 16.9 Å². The third-order valence-corrected chi connectivity index (χ3v) is 1.85. The Kier molecular flexibility index (Phi) is 6.84. The summed E-state index contributed by atoms with van der Waals surface area (Å²) in [6, 6.07) is 5.91. The van der Waals surface area contributed by atoms with Gasteiger partial charge in [-0.05, 0) is 30.7 Å². The molecule has 0 aliphatic rings. The monoisotopic (exact) mass is 202 g/mol. The van der Waals surface area contributed by atoms with Crippen molar-refractivity contribution in [2.45, 2.75) is 20.8 Å². The van der Waals surface area contributed by atoms with E-state index in [1.165, 1.54) is 0 Å². The minimum atomic E-state index is 0.853. The molecule has 1 nitrogen and oxygen atoms in total. The summed E-state index contributed by atoms with van der Waals surface area (Å²) in [5, 5.41) is 0. The second-order valence-electron chi connectivity index (χ2n) is 2.69. The number of benzene rings is 1. The lowest BCUT2D eigenvalue weighted by Gasteiger charge is -2.06. The fourth-order valence-corrected chi connectivity index (χ4v) is 1.18. The molecule has 1 aromatic carbocycles. The molecule has 0 amide bonds. The Morgan fingerprint density at radius 2 is 2.00 bits per heavy atom. The van der Waals surface area contributed by atoms with Gasteiger partial charge in [-0.25, -0.2) is 0 Å². The lowest BCUT2D eigenvalue weighted by atomic mass is 10.1. The lowest BCUT2D eigenvalue weighted by Crippen LogP contribution is -1.88. The van der Waals surface area contributed by atoms with Gasteiger partial charge >= 0.3 is 0 Å². The highest BCUT2D eigenvalue weighted by Crippen LogP contribution is 2.22. The molecule has 0 atom stereocenters. The predicted molar refractivity (Wildman–Crippen MR) is 66.9 cm³/mol. The minimum Gasteiger partial charge on any atom is -0.496 e. The summed E-state index contributed by atoms with van der Waals surface area (Å²) in [7, 11) is 1.65. The van der Waals surface area contributed by atoms with Crippen LogP contribution in [0.4, 0.5) is 0 Å². The molecule has 0 aliphatic heterocycles. The summed E-state index contributed by atoms with van der Waals surface area (Å²) < 4.78 is 5.20. The van der Waals surface area contributed by atoms with Crippen molar-refractivity contribution in [2.24, 2.45) is 0 Å². The van der Waals surface area contributed by atoms with Gasteiger partial charge in [0, 0.05) is 5.56 Å². The van der Waals surface area contributed by atoms with Gasteiger partial charge in [-0.1, -0.05) is 31.9 Å². The van der Waals surface area contributed by atoms with E-state index in [-0.39, 0.29) is 0 Å². The SMILES string of the molecule is C#C/C=C\c1c(C)cccc1OC.CC. The van der Waals surface area contributed by atoms with Crippen LogP contribution in [0.2, 0.25) is 0 Å². The van der Waals surface area contributed by atoms with Crippen molar-refractivity contribution < 1.29 is 4.74 Å². The maximum atomic E-state index is 5.20. The van der Waals surface area contributed by atoms with Gasteiger partial charge in [-0.2, -0.15) is 0 Å². The first-order chi connectivity index (χ1) is 7.29. The van der Waals surface area contributed by atoms with Gasteiger partial charge < -0.3 is 4.74 Å². The van der Waals surface area contributed by atoms with Gasteiger partial charge in [0.25, 0.3) is 0 Å². The molecule has 0 heterocycles. The first-order valence-corrected chi connectivity index (χ1v) is 5.06. The fourth-order valence-electron chi connectivity index (χ4n) is 1.18. The Morgan fingerprint density at radius 3 is 2.53 bits per heavy atom. The summed E-state index contributed by atoms with van der Waals surface area (Å²) in [5.41, 5.74) is 2.20. The van der Waals surface area contributed by atoms with Crippen LogP contribution in [0.1, 0.15) is 25.0 Å². The Morgan fingerprint density at radius 1 is 1.33 bits per heavy atom. The van der Waals surface area contributed by atoms with Crippen molar-refractivity contribution in [3.05, 3.63) is 35.4 Å². The molecule has 1 rings (SSSR count). The molecule has 1 aromatic rings. The molecule has 0 radical (unpaired) electrons. The molecule has 0 aliphatic carbocycles. The van der Waals surface area contributed by atoms with Crippen LogP contribution in [0.3, 0.4) is 0 Å². The molecular weight excluding hydrogens is 184 g/mol. The van der Waals surface area contributed by atoms with Crippen molar-refractivity contribution in [3.63, 3.8) is 0 Å². The van der Waals surface area contributed by atoms with Gasteiger partial charge in [0.1, 0.15) is 5.75 Å². The van der Waals surface area contributed by atoms with E-state index in [4.69, 9.17) is 11.2 Å². The molecular formula is C14H18O. The third kappa shape index (κ3) is 3.91. The van der Waals surface area contributed by atoms with Crippen molar-refractivity contribution in [1.82, 2.24) is 0 Å². The quantitative estimate of drug-likeness (QED) is 0.665. The van der Waals surface area contributed by atoms with Crippen LogP contribution < -0.4 is 4.74 Å². The molecule has 0 aromatic heterocycles. The van der Waals surface area contributed by atoms with E-state index < -0.39 is 0 Å². The van der Waals surface area contributed by atoms with Crippen LogP contribution in [0.15, 0.2) is 24.3 Å². The van der Waals surface area contributed by atoms with Crippen LogP contribution in [-0.2, 0) is 0 Å². The van der Waals surface area contributed by atoms with E-state index in [1.807, 2.05) is 45.0 Å². The fraction of sp³-hybridized carbons (Fsp3) is 0.286. The molecule has 0 unspecified atom stereocenters. The first-order valence-electron chi connectivity index (χ1n) is 5.06. The summed E-state index contributed by atoms with van der Waals surface area (Å²) in [5.74, 6) is 3.31. The predicted octanol–water partition coefficient (Wildman–Crippen LogP) is 3.68. The van der Waals surface area contributed by atoms with Crippen molar-refractivity contribution in [3.8, 4) is 18.1 Å². The Labute approximate surface area is 92.8 Å². The van der Waals surface area contributed by atoms with Crippen molar-refractivity contribution in [2.75, 3.05) is 7.11 Å². The maximum absolute atomic E-state index is 5.20. The molecule has 1 heteroatoms. The van der Waals surface area contributed by atoms with Crippen LogP contribution >= 0.6 is 0 Å². The Hall–Kier alpha value is -1.68. The van der Waals surface area contributed by atoms with E-state index in [9.17, 15) is 0 Å². The molecule has 0 saturated carbocycles. The highest BCUT2D eigenvalue weighted by atomic mass is 16.5. The smallest absolute Gasteiger partial charge is 0.126 e. The van der Waals surface area contributed by atoms with Gasteiger partial charge in [0.15, 0.2) is 0 Å². The molecule has 0 fully saturated rings. The zero-order valence-electron chi connectivity index (χ0n) is 9.87. The van der Waals surface area contributed by atoms with Crippen LogP contribution in [0.25, 0.3) is 6.08 Å². The van der Waals surface area contributed by atoms with Crippen LogP contribution in [0, 0.1) is 19.3 Å². The Balaban J connectivity index is 0.000000921. The number of hydrogen-bond acceptors (Lipinski definition) is 1. The minimum absolute atomic E-state index is 0.853. The number of allylic oxidation sites excluding steroid dienone is 1. The van der Waals surface area contributed by atoms with Gasteiger partial charge in [-0.15, -0.1) is 6.42 Å². The summed E-state index contributed by atoms with van der Waals surface area (Å²) in [6.45, 7) is 6.03. The van der Waals surface area contributed by atoms with E-state index in [2.05, 4.69) is 5.92 Å². The molecule has 0 saturated heterocycles. The average molecular weight is 202 g/mol. The number of ether oxygens (including phenoxy) is 1. The first kappa shape index (κ1) is 13.3. The number of methoxy groups -OCH3 is 1. The lowest BCUT2D eigenvalue weighted by molar-refractivity contribution is 0.413. The van der Waals surface area contributed by atoms with Gasteiger partial charge in [0.2, 0.25) is 0 Å². The number of terminal acetylenes is 1. The zero-order valence-corrected chi connectivity index (χ0v) is 9.87. The average Bonchev–Trinajstić information content (AvgIpc) is 2.30. The zero-order chi connectivity index (χ0) is 11.7. The van der Waals surface area contributed by atoms with Gasteiger partial charge in [-0.3, -0.25) is 0 Å². The largest absolute Gasteiger partial charge is 0.496 e. The second-order valence-corrected chi connectivity index (χ2v) is 2.69. The maximum Gasteiger partial charge on any atom is 0.126 e. The van der Waals surface area contributed by atoms with Crippen molar-refractivity contribution in [1.29, 1.82) is 0 Å². The van der Waals surface area contributed by atoms with Gasteiger partial charge in [0.05, 0.1) is 7.11 Å². The van der Waals surface area contributed by atoms with Crippen LogP contribution in [-0.4, -0.2) is 7.11 Å². The second kappa shape index (κ2) is 7.70. The molecule has 15 heavy (non-hydrogen) atoms. The third-order valence-electron chi connectivity index (χ3n) is 1.85. The highest BCUT2D eigenvalue weighted by molar-refractivity contribution is 5.62. The summed E-state index contributed by atoms with van der Waals surface area (Å²) in [4.78, 5) is 0. The normalized spacial score (nSPS) is 9.00. The highest BCUT2D eigenvalue weighted by Gasteiger charge is 2.00. The molecule has 0 spiro atoms. The Bertz CT molecular complexity index is 356. The van der Waals surface area contributed by atoms with E-state index >= 15 is 0 Å². The van der Waals surface area contributed by atoms with Crippen LogP contribution in [0.5, 0.6) is 5.75 Å². The number of hydrogen-bond donors (Lipinski definition) is 0. The molecule has 0 bridgehead atoms. The topological polar surface area (TPSA) is 9.23 Å². The number of rotatable bonds is 2. The standard InChI is InChI=1S/C12H12O.C2H6/c1-4-5-8-11-10(2)7-6-9-12(11)13-3;1-2/h1,5-9H,2-3H3;1-2H3/b8-5-;.